The smallest absolute Gasteiger partial charge is 0.0465 e. The van der Waals surface area contributed by atoms with Crippen LogP contribution in [-0.4, -0.2) is 26.3 Å². The van der Waals surface area contributed by atoms with Crippen molar-refractivity contribution in [3.63, 3.8) is 0 Å². The summed E-state index contributed by atoms with van der Waals surface area (Å²) in [7, 11) is 1.74. The van der Waals surface area contributed by atoms with Crippen molar-refractivity contribution in [2.24, 2.45) is 5.92 Å². The second-order valence-electron chi connectivity index (χ2n) is 4.83. The fourth-order valence-electron chi connectivity index (χ4n) is 2.19. The summed E-state index contributed by atoms with van der Waals surface area (Å²) in [5.74, 6) is 0.507. The first-order valence-corrected chi connectivity index (χ1v) is 7.50. The molecule has 2 nitrogen and oxygen atoms in total. The highest BCUT2D eigenvalue weighted by Gasteiger charge is 2.19. The number of rotatable bonds is 8. The Morgan fingerprint density at radius 1 is 1.26 bits per heavy atom. The summed E-state index contributed by atoms with van der Waals surface area (Å²) in [4.78, 5) is 0. The Labute approximate surface area is 126 Å². The molecule has 0 fully saturated rings. The molecule has 4 heteroatoms. The molecule has 0 spiro atoms. The third-order valence-electron chi connectivity index (χ3n) is 3.42. The van der Waals surface area contributed by atoms with Gasteiger partial charge in [-0.05, 0) is 43.0 Å². The summed E-state index contributed by atoms with van der Waals surface area (Å²) in [6.45, 7) is 6.06. The highest BCUT2D eigenvalue weighted by atomic mass is 35.5. The van der Waals surface area contributed by atoms with Crippen LogP contribution in [0.1, 0.15) is 25.8 Å². The third-order valence-corrected chi connectivity index (χ3v) is 4.12. The van der Waals surface area contributed by atoms with Gasteiger partial charge in [-0.2, -0.15) is 0 Å². The van der Waals surface area contributed by atoms with Crippen LogP contribution in [0, 0.1) is 5.92 Å². The van der Waals surface area contributed by atoms with Crippen LogP contribution in [0.3, 0.4) is 0 Å². The molecule has 0 aliphatic rings. The minimum Gasteiger partial charge on any atom is -0.385 e. The Morgan fingerprint density at radius 3 is 2.42 bits per heavy atom. The zero-order chi connectivity index (χ0) is 14.3. The normalized spacial score (nSPS) is 14.4. The monoisotopic (exact) mass is 303 g/mol. The van der Waals surface area contributed by atoms with Crippen molar-refractivity contribution < 1.29 is 4.74 Å². The third kappa shape index (κ3) is 5.31. The number of halogens is 2. The summed E-state index contributed by atoms with van der Waals surface area (Å²) in [5, 5.41) is 5.01. The van der Waals surface area contributed by atoms with Gasteiger partial charge in [-0.1, -0.05) is 43.1 Å². The van der Waals surface area contributed by atoms with Crippen molar-refractivity contribution in [1.82, 2.24) is 5.32 Å². The lowest BCUT2D eigenvalue weighted by molar-refractivity contribution is 0.170. The lowest BCUT2D eigenvalue weighted by Gasteiger charge is -2.25. The van der Waals surface area contributed by atoms with E-state index in [0.717, 1.165) is 41.6 Å². The molecule has 1 N–H and O–H groups in total. The van der Waals surface area contributed by atoms with Gasteiger partial charge in [0.25, 0.3) is 0 Å². The number of methoxy groups -OCH3 is 1. The van der Waals surface area contributed by atoms with E-state index in [4.69, 9.17) is 27.9 Å². The van der Waals surface area contributed by atoms with Gasteiger partial charge in [0.2, 0.25) is 0 Å². The van der Waals surface area contributed by atoms with Crippen molar-refractivity contribution in [1.29, 1.82) is 0 Å². The quantitative estimate of drug-likeness (QED) is 0.777. The predicted octanol–water partition coefficient (Wildman–Crippen LogP) is 4.19. The van der Waals surface area contributed by atoms with Gasteiger partial charge in [-0.3, -0.25) is 0 Å². The zero-order valence-corrected chi connectivity index (χ0v) is 13.4. The van der Waals surface area contributed by atoms with Crippen molar-refractivity contribution in [2.45, 2.75) is 32.7 Å². The van der Waals surface area contributed by atoms with E-state index in [1.54, 1.807) is 7.11 Å². The Morgan fingerprint density at radius 2 is 1.89 bits per heavy atom. The summed E-state index contributed by atoms with van der Waals surface area (Å²) in [5.41, 5.74) is 1.03. The molecular weight excluding hydrogens is 281 g/mol. The second kappa shape index (κ2) is 8.80. The van der Waals surface area contributed by atoms with Crippen LogP contribution in [0.4, 0.5) is 0 Å². The molecule has 0 bridgehead atoms. The van der Waals surface area contributed by atoms with E-state index in [1.807, 2.05) is 18.2 Å². The second-order valence-corrected chi connectivity index (χ2v) is 5.64. The van der Waals surface area contributed by atoms with Gasteiger partial charge in [0.1, 0.15) is 0 Å². The number of hydrogen-bond donors (Lipinski definition) is 1. The SMILES string of the molecule is CCNC(Cc1c(Cl)cccc1Cl)C(C)CCOC. The van der Waals surface area contributed by atoms with E-state index in [-0.39, 0.29) is 0 Å². The molecule has 2 unspecified atom stereocenters. The number of likely N-dealkylation sites (N-methyl/N-ethyl adjacent to an activating group) is 1. The molecule has 108 valence electrons. The molecular formula is C15H23Cl2NO. The first-order valence-electron chi connectivity index (χ1n) is 6.75. The van der Waals surface area contributed by atoms with E-state index >= 15 is 0 Å². The molecule has 0 saturated heterocycles. The zero-order valence-electron chi connectivity index (χ0n) is 11.9. The highest BCUT2D eigenvalue weighted by molar-refractivity contribution is 6.36. The fourth-order valence-corrected chi connectivity index (χ4v) is 2.74. The molecule has 0 aliphatic carbocycles. The molecule has 1 rings (SSSR count). The molecule has 0 amide bonds. The molecule has 1 aromatic rings. The summed E-state index contributed by atoms with van der Waals surface area (Å²) in [6.07, 6.45) is 1.87. The minimum absolute atomic E-state index is 0.359. The standard InChI is InChI=1S/C15H23Cl2NO/c1-4-18-15(11(2)8-9-19-3)10-12-13(16)6-5-7-14(12)17/h5-7,11,15,18H,4,8-10H2,1-3H3. The molecule has 19 heavy (non-hydrogen) atoms. The minimum atomic E-state index is 0.359. The summed E-state index contributed by atoms with van der Waals surface area (Å²) < 4.78 is 5.16. The van der Waals surface area contributed by atoms with Crippen LogP contribution >= 0.6 is 23.2 Å². The van der Waals surface area contributed by atoms with Gasteiger partial charge in [-0.25, -0.2) is 0 Å². The largest absolute Gasteiger partial charge is 0.385 e. The molecule has 0 aromatic heterocycles. The van der Waals surface area contributed by atoms with Gasteiger partial charge in [0.05, 0.1) is 0 Å². The van der Waals surface area contributed by atoms with Gasteiger partial charge in [0, 0.05) is 29.8 Å². The fraction of sp³-hybridized carbons (Fsp3) is 0.600. The van der Waals surface area contributed by atoms with Crippen molar-refractivity contribution in [3.8, 4) is 0 Å². The lowest BCUT2D eigenvalue weighted by Crippen LogP contribution is -2.37. The van der Waals surface area contributed by atoms with Gasteiger partial charge < -0.3 is 10.1 Å². The molecule has 0 heterocycles. The first kappa shape index (κ1) is 16.8. The summed E-state index contributed by atoms with van der Waals surface area (Å²) >= 11 is 12.5. The topological polar surface area (TPSA) is 21.3 Å². The summed E-state index contributed by atoms with van der Waals surface area (Å²) in [6, 6.07) is 6.03. The Bertz CT molecular complexity index is 364. The number of ether oxygens (including phenoxy) is 1. The Balaban J connectivity index is 2.77. The molecule has 0 radical (unpaired) electrons. The maximum atomic E-state index is 6.25. The predicted molar refractivity (Wildman–Crippen MR) is 83.3 cm³/mol. The van der Waals surface area contributed by atoms with Crippen molar-refractivity contribution >= 4 is 23.2 Å². The van der Waals surface area contributed by atoms with Crippen LogP contribution in [-0.2, 0) is 11.2 Å². The van der Waals surface area contributed by atoms with E-state index in [9.17, 15) is 0 Å². The maximum absolute atomic E-state index is 6.25. The van der Waals surface area contributed by atoms with Crippen molar-refractivity contribution in [2.75, 3.05) is 20.3 Å². The van der Waals surface area contributed by atoms with Crippen LogP contribution in [0.5, 0.6) is 0 Å². The van der Waals surface area contributed by atoms with Crippen LogP contribution in [0.2, 0.25) is 10.0 Å². The Kier molecular flexibility index (Phi) is 7.77. The van der Waals surface area contributed by atoms with Crippen LogP contribution in [0.15, 0.2) is 18.2 Å². The molecule has 0 aliphatic heterocycles. The molecule has 2 atom stereocenters. The highest BCUT2D eigenvalue weighted by Crippen LogP contribution is 2.27. The van der Waals surface area contributed by atoms with Crippen LogP contribution < -0.4 is 5.32 Å². The average molecular weight is 304 g/mol. The molecule has 1 aromatic carbocycles. The number of hydrogen-bond acceptors (Lipinski definition) is 2. The average Bonchev–Trinajstić information content (AvgIpc) is 2.39. The van der Waals surface area contributed by atoms with E-state index < -0.39 is 0 Å². The lowest BCUT2D eigenvalue weighted by atomic mass is 9.92. The van der Waals surface area contributed by atoms with Gasteiger partial charge in [0.15, 0.2) is 0 Å². The van der Waals surface area contributed by atoms with Gasteiger partial charge in [-0.15, -0.1) is 0 Å². The van der Waals surface area contributed by atoms with E-state index in [1.165, 1.54) is 0 Å². The maximum Gasteiger partial charge on any atom is 0.0465 e. The Hall–Kier alpha value is -0.280. The van der Waals surface area contributed by atoms with Crippen LogP contribution in [0.25, 0.3) is 0 Å². The van der Waals surface area contributed by atoms with E-state index in [2.05, 4.69) is 19.2 Å². The number of nitrogens with one attached hydrogen (secondary N) is 1. The van der Waals surface area contributed by atoms with Crippen molar-refractivity contribution in [3.05, 3.63) is 33.8 Å². The molecule has 0 saturated carbocycles. The number of benzene rings is 1. The first-order chi connectivity index (χ1) is 9.10. The van der Waals surface area contributed by atoms with E-state index in [0.29, 0.717) is 12.0 Å². The van der Waals surface area contributed by atoms with Gasteiger partial charge >= 0.3 is 0 Å².